The summed E-state index contributed by atoms with van der Waals surface area (Å²) in [5.41, 5.74) is 3.71. The molecule has 0 aliphatic carbocycles. The van der Waals surface area contributed by atoms with E-state index in [0.29, 0.717) is 28.1 Å². The molecule has 0 bridgehead atoms. The van der Waals surface area contributed by atoms with Gasteiger partial charge in [-0.15, -0.1) is 0 Å². The molecule has 0 aliphatic heterocycles. The molecule has 0 unspecified atom stereocenters. The van der Waals surface area contributed by atoms with Crippen LogP contribution >= 0.6 is 15.9 Å². The number of nitrogens with one attached hydrogen (secondary N) is 2. The van der Waals surface area contributed by atoms with E-state index in [1.54, 1.807) is 49.4 Å². The molecule has 0 spiro atoms. The summed E-state index contributed by atoms with van der Waals surface area (Å²) in [6.07, 6.45) is 1.47. The van der Waals surface area contributed by atoms with Crippen LogP contribution in [0.4, 0.5) is 5.69 Å². The summed E-state index contributed by atoms with van der Waals surface area (Å²) in [4.78, 5) is 35.3. The van der Waals surface area contributed by atoms with Gasteiger partial charge in [-0.2, -0.15) is 5.10 Å². The van der Waals surface area contributed by atoms with Crippen molar-refractivity contribution in [1.29, 1.82) is 0 Å². The van der Waals surface area contributed by atoms with Crippen LogP contribution in [0.3, 0.4) is 0 Å². The quantitative estimate of drug-likeness (QED) is 0.251. The minimum atomic E-state index is -0.453. The van der Waals surface area contributed by atoms with Gasteiger partial charge >= 0.3 is 5.97 Å². The Balaban J connectivity index is 1.73. The molecule has 9 nitrogen and oxygen atoms in total. The Morgan fingerprint density at radius 1 is 0.970 bits per heavy atom. The lowest BCUT2D eigenvalue weighted by atomic mass is 10.2. The summed E-state index contributed by atoms with van der Waals surface area (Å²) in [7, 11) is 0. The van der Waals surface area contributed by atoms with E-state index >= 15 is 0 Å². The highest BCUT2D eigenvalue weighted by Gasteiger charge is 2.08. The van der Waals surface area contributed by atoms with E-state index in [1.807, 2.05) is 6.92 Å². The lowest BCUT2D eigenvalue weighted by Crippen LogP contribution is -2.20. The molecule has 176 valence electrons. The van der Waals surface area contributed by atoms with Crippen molar-refractivity contribution in [3.63, 3.8) is 0 Å². The van der Waals surface area contributed by atoms with Crippen molar-refractivity contribution in [3.05, 3.63) is 52.5 Å². The van der Waals surface area contributed by atoms with Gasteiger partial charge in [-0.05, 0) is 77.8 Å². The molecule has 2 N–H and O–H groups in total. The van der Waals surface area contributed by atoms with Crippen molar-refractivity contribution in [1.82, 2.24) is 5.43 Å². The minimum Gasteiger partial charge on any atom is -0.494 e. The first-order chi connectivity index (χ1) is 15.9. The van der Waals surface area contributed by atoms with Crippen LogP contribution in [0, 0.1) is 0 Å². The molecule has 0 heterocycles. The topological polar surface area (TPSA) is 115 Å². The number of hydrazone groups is 1. The maximum atomic E-state index is 12.0. The molecule has 10 heteroatoms. The second-order valence-corrected chi connectivity index (χ2v) is 7.44. The van der Waals surface area contributed by atoms with Gasteiger partial charge in [0.15, 0.2) is 6.61 Å². The highest BCUT2D eigenvalue weighted by Crippen LogP contribution is 2.25. The number of hydrogen-bond donors (Lipinski definition) is 2. The SMILES string of the molecule is CCOC(=O)COc1ccc(C=NNC(=O)CCC(=O)Nc2ccc(OCC)cc2)cc1Br. The monoisotopic (exact) mass is 519 g/mol. The van der Waals surface area contributed by atoms with E-state index in [-0.39, 0.29) is 37.9 Å². The highest BCUT2D eigenvalue weighted by atomic mass is 79.9. The third kappa shape index (κ3) is 9.73. The van der Waals surface area contributed by atoms with Crippen LogP contribution in [-0.2, 0) is 19.1 Å². The first-order valence-corrected chi connectivity index (χ1v) is 11.1. The van der Waals surface area contributed by atoms with Crippen molar-refractivity contribution < 1.29 is 28.6 Å². The van der Waals surface area contributed by atoms with Crippen molar-refractivity contribution in [3.8, 4) is 11.5 Å². The van der Waals surface area contributed by atoms with Crippen molar-refractivity contribution in [2.75, 3.05) is 25.1 Å². The first-order valence-electron chi connectivity index (χ1n) is 10.3. The molecule has 2 amide bonds. The summed E-state index contributed by atoms with van der Waals surface area (Å²) in [6.45, 7) is 4.28. The van der Waals surface area contributed by atoms with Gasteiger partial charge in [-0.1, -0.05) is 0 Å². The van der Waals surface area contributed by atoms with Crippen LogP contribution < -0.4 is 20.2 Å². The van der Waals surface area contributed by atoms with Gasteiger partial charge in [0.1, 0.15) is 11.5 Å². The van der Waals surface area contributed by atoms with Gasteiger partial charge in [0.2, 0.25) is 11.8 Å². The Kier molecular flexibility index (Phi) is 10.9. The molecule has 0 atom stereocenters. The van der Waals surface area contributed by atoms with Crippen LogP contribution in [0.15, 0.2) is 52.0 Å². The van der Waals surface area contributed by atoms with Crippen molar-refractivity contribution in [2.45, 2.75) is 26.7 Å². The summed E-state index contributed by atoms with van der Waals surface area (Å²) in [5, 5.41) is 6.62. The van der Waals surface area contributed by atoms with Gasteiger partial charge in [-0.3, -0.25) is 9.59 Å². The second kappa shape index (κ2) is 13.9. The zero-order valence-electron chi connectivity index (χ0n) is 18.4. The number of amides is 2. The van der Waals surface area contributed by atoms with E-state index in [9.17, 15) is 14.4 Å². The molecule has 2 aromatic carbocycles. The third-order valence-corrected chi connectivity index (χ3v) is 4.66. The number of halogens is 1. The number of anilines is 1. The maximum absolute atomic E-state index is 12.0. The Labute approximate surface area is 200 Å². The van der Waals surface area contributed by atoms with Crippen molar-refractivity contribution in [2.24, 2.45) is 5.10 Å². The van der Waals surface area contributed by atoms with Gasteiger partial charge in [0.05, 0.1) is 23.9 Å². The summed E-state index contributed by atoms with van der Waals surface area (Å²) in [5.74, 6) is 0.0782. The third-order valence-electron chi connectivity index (χ3n) is 4.04. The van der Waals surface area contributed by atoms with Gasteiger partial charge in [0, 0.05) is 18.5 Å². The van der Waals surface area contributed by atoms with E-state index < -0.39 is 5.97 Å². The van der Waals surface area contributed by atoms with Gasteiger partial charge in [-0.25, -0.2) is 10.2 Å². The van der Waals surface area contributed by atoms with E-state index in [2.05, 4.69) is 31.8 Å². The number of hydrogen-bond acceptors (Lipinski definition) is 7. The molecule has 33 heavy (non-hydrogen) atoms. The lowest BCUT2D eigenvalue weighted by molar-refractivity contribution is -0.145. The van der Waals surface area contributed by atoms with Crippen LogP contribution in [0.25, 0.3) is 0 Å². The van der Waals surface area contributed by atoms with Crippen LogP contribution in [-0.4, -0.2) is 43.8 Å². The highest BCUT2D eigenvalue weighted by molar-refractivity contribution is 9.10. The standard InChI is InChI=1S/C23H26BrN3O6/c1-3-31-18-8-6-17(7-9-18)26-21(28)11-12-22(29)27-25-14-16-5-10-20(19(24)13-16)33-15-23(30)32-4-2/h5-10,13-14H,3-4,11-12,15H2,1-2H3,(H,26,28)(H,27,29). The van der Waals surface area contributed by atoms with E-state index in [1.165, 1.54) is 6.21 Å². The fourth-order valence-electron chi connectivity index (χ4n) is 2.54. The van der Waals surface area contributed by atoms with Crippen LogP contribution in [0.1, 0.15) is 32.3 Å². The maximum Gasteiger partial charge on any atom is 0.344 e. The fraction of sp³-hybridized carbons (Fsp3) is 0.304. The zero-order valence-corrected chi connectivity index (χ0v) is 20.0. The number of esters is 1. The molecule has 0 aliphatic rings. The molecule has 0 radical (unpaired) electrons. The number of rotatable bonds is 12. The lowest BCUT2D eigenvalue weighted by Gasteiger charge is -2.08. The fourth-order valence-corrected chi connectivity index (χ4v) is 3.05. The van der Waals surface area contributed by atoms with Crippen molar-refractivity contribution >= 4 is 45.6 Å². The molecule has 0 aromatic heterocycles. The summed E-state index contributed by atoms with van der Waals surface area (Å²) >= 11 is 3.36. The molecular formula is C23H26BrN3O6. The number of carbonyl (C=O) groups excluding carboxylic acids is 3. The van der Waals surface area contributed by atoms with E-state index in [4.69, 9.17) is 14.2 Å². The molecule has 2 aromatic rings. The average molecular weight is 520 g/mol. The molecule has 0 fully saturated rings. The summed E-state index contributed by atoms with van der Waals surface area (Å²) in [6, 6.07) is 12.1. The average Bonchev–Trinajstić information content (AvgIpc) is 2.79. The molecule has 2 rings (SSSR count). The Hall–Kier alpha value is -3.40. The Morgan fingerprint density at radius 2 is 1.70 bits per heavy atom. The smallest absolute Gasteiger partial charge is 0.344 e. The summed E-state index contributed by atoms with van der Waals surface area (Å²) < 4.78 is 16.2. The largest absolute Gasteiger partial charge is 0.494 e. The number of ether oxygens (including phenoxy) is 3. The number of nitrogens with zero attached hydrogens (tertiary/aromatic N) is 1. The second-order valence-electron chi connectivity index (χ2n) is 6.58. The zero-order chi connectivity index (χ0) is 24.1. The van der Waals surface area contributed by atoms with Gasteiger partial charge < -0.3 is 19.5 Å². The Morgan fingerprint density at radius 3 is 2.36 bits per heavy atom. The predicted octanol–water partition coefficient (Wildman–Crippen LogP) is 3.66. The van der Waals surface area contributed by atoms with Crippen LogP contribution in [0.5, 0.6) is 11.5 Å². The van der Waals surface area contributed by atoms with Crippen LogP contribution in [0.2, 0.25) is 0 Å². The molecule has 0 saturated heterocycles. The minimum absolute atomic E-state index is 0.00939. The normalized spacial score (nSPS) is 10.5. The first kappa shape index (κ1) is 25.9. The number of benzene rings is 2. The van der Waals surface area contributed by atoms with E-state index in [0.717, 1.165) is 5.75 Å². The predicted molar refractivity (Wildman–Crippen MR) is 127 cm³/mol. The Bertz CT molecular complexity index is 979. The number of carbonyl (C=O) groups is 3. The molecule has 0 saturated carbocycles. The molecular weight excluding hydrogens is 494 g/mol. The van der Waals surface area contributed by atoms with Gasteiger partial charge in [0.25, 0.3) is 0 Å².